The molecule has 1 saturated heterocycles. The molecule has 0 bridgehead atoms. The lowest BCUT2D eigenvalue weighted by Gasteiger charge is -2.35. The molecule has 0 spiro atoms. The Labute approximate surface area is 141 Å². The number of H-pyrrole nitrogens is 1. The zero-order chi connectivity index (χ0) is 17.4. The van der Waals surface area contributed by atoms with Crippen LogP contribution in [0.5, 0.6) is 0 Å². The number of nitrogens with one attached hydrogen (secondary N) is 1. The molecule has 1 fully saturated rings. The van der Waals surface area contributed by atoms with E-state index in [-0.39, 0.29) is 19.0 Å². The van der Waals surface area contributed by atoms with Gasteiger partial charge in [0.1, 0.15) is 12.1 Å². The number of fused-ring (bicyclic) bond motifs is 1. The fraction of sp³-hybridized carbons (Fsp3) is 0.250. The maximum Gasteiger partial charge on any atom is 0.242 e. The monoisotopic (exact) mass is 344 g/mol. The number of benzene rings is 1. The number of nitrogens with zero attached hydrogens (tertiary/aromatic N) is 5. The van der Waals surface area contributed by atoms with Gasteiger partial charge in [-0.2, -0.15) is 5.10 Å². The third-order valence-electron chi connectivity index (χ3n) is 4.20. The number of aromatic amines is 1. The summed E-state index contributed by atoms with van der Waals surface area (Å²) in [4.78, 5) is 24.3. The highest BCUT2D eigenvalue weighted by Gasteiger charge is 2.26. The summed E-state index contributed by atoms with van der Waals surface area (Å²) >= 11 is 0. The summed E-state index contributed by atoms with van der Waals surface area (Å²) in [7, 11) is 0. The Morgan fingerprint density at radius 3 is 2.84 bits per heavy atom. The highest BCUT2D eigenvalue weighted by Crippen LogP contribution is 2.23. The van der Waals surface area contributed by atoms with E-state index in [9.17, 15) is 13.6 Å². The van der Waals surface area contributed by atoms with Crippen molar-refractivity contribution < 1.29 is 13.6 Å². The van der Waals surface area contributed by atoms with E-state index in [0.29, 0.717) is 30.1 Å². The molecule has 9 heteroatoms. The summed E-state index contributed by atoms with van der Waals surface area (Å²) < 4.78 is 26.3. The van der Waals surface area contributed by atoms with Crippen LogP contribution in [0.25, 0.3) is 11.0 Å². The normalized spacial score (nSPS) is 15.2. The minimum atomic E-state index is -0.910. The number of hydrogen-bond donors (Lipinski definition) is 1. The van der Waals surface area contributed by atoms with Crippen LogP contribution in [0.3, 0.4) is 0 Å². The van der Waals surface area contributed by atoms with Crippen LogP contribution in [0.2, 0.25) is 0 Å². The minimum absolute atomic E-state index is 0.105. The molecule has 1 aliphatic heterocycles. The molecule has 0 atom stereocenters. The van der Waals surface area contributed by atoms with Gasteiger partial charge in [0.15, 0.2) is 17.3 Å². The van der Waals surface area contributed by atoms with Crippen molar-refractivity contribution in [2.45, 2.75) is 6.54 Å². The van der Waals surface area contributed by atoms with E-state index in [4.69, 9.17) is 0 Å². The van der Waals surface area contributed by atoms with Crippen molar-refractivity contribution >= 4 is 22.8 Å². The summed E-state index contributed by atoms with van der Waals surface area (Å²) in [5.41, 5.74) is 1.17. The average Bonchev–Trinajstić information content (AvgIpc) is 3.08. The number of amides is 1. The average molecular weight is 344 g/mol. The summed E-state index contributed by atoms with van der Waals surface area (Å²) in [5, 5.41) is 7.47. The summed E-state index contributed by atoms with van der Waals surface area (Å²) in [5.74, 6) is -1.26. The molecular weight excluding hydrogens is 330 g/mol. The third-order valence-corrected chi connectivity index (χ3v) is 4.20. The number of rotatable bonds is 3. The molecule has 128 valence electrons. The first-order valence-electron chi connectivity index (χ1n) is 7.72. The topological polar surface area (TPSA) is 78.0 Å². The number of halogens is 2. The molecular formula is C16H14F2N6O. The van der Waals surface area contributed by atoms with Crippen molar-refractivity contribution in [3.63, 3.8) is 0 Å². The second-order valence-electron chi connectivity index (χ2n) is 5.81. The zero-order valence-corrected chi connectivity index (χ0v) is 13.1. The highest BCUT2D eigenvalue weighted by atomic mass is 19.2. The molecule has 4 rings (SSSR count). The van der Waals surface area contributed by atoms with Gasteiger partial charge in [0.05, 0.1) is 18.1 Å². The van der Waals surface area contributed by atoms with Crippen molar-refractivity contribution in [3.05, 3.63) is 47.9 Å². The lowest BCUT2D eigenvalue weighted by atomic mass is 10.2. The first kappa shape index (κ1) is 15.4. The van der Waals surface area contributed by atoms with E-state index in [0.717, 1.165) is 17.5 Å². The Bertz CT molecular complexity index is 943. The van der Waals surface area contributed by atoms with Crippen molar-refractivity contribution in [3.8, 4) is 0 Å². The lowest BCUT2D eigenvalue weighted by Crippen LogP contribution is -2.50. The maximum absolute atomic E-state index is 13.3. The van der Waals surface area contributed by atoms with Crippen LogP contribution in [0.1, 0.15) is 5.56 Å². The molecule has 1 amide bonds. The first-order chi connectivity index (χ1) is 12.1. The molecule has 0 unspecified atom stereocenters. The van der Waals surface area contributed by atoms with Gasteiger partial charge in [0, 0.05) is 19.6 Å². The third kappa shape index (κ3) is 2.88. The standard InChI is InChI=1S/C16H14F2N6O/c17-12-2-1-10(5-13(12)18)7-23-3-4-24(8-14(23)25)16-11-6-21-22-15(11)19-9-20-16/h1-2,5-6,9H,3-4,7-8H2,(H,19,20,21,22). The van der Waals surface area contributed by atoms with E-state index in [1.165, 1.54) is 12.4 Å². The SMILES string of the molecule is O=C1CN(c2ncnc3[nH]ncc23)CCN1Cc1ccc(F)c(F)c1. The molecule has 3 heterocycles. The van der Waals surface area contributed by atoms with Gasteiger partial charge in [0.2, 0.25) is 5.91 Å². The Kier molecular flexibility index (Phi) is 3.75. The number of aromatic nitrogens is 4. The maximum atomic E-state index is 13.3. The molecule has 25 heavy (non-hydrogen) atoms. The van der Waals surface area contributed by atoms with E-state index >= 15 is 0 Å². The van der Waals surface area contributed by atoms with Gasteiger partial charge in [-0.15, -0.1) is 0 Å². The highest BCUT2D eigenvalue weighted by molar-refractivity contribution is 5.90. The Morgan fingerprint density at radius 1 is 1.16 bits per heavy atom. The molecule has 1 aliphatic rings. The first-order valence-corrected chi connectivity index (χ1v) is 7.72. The fourth-order valence-electron chi connectivity index (χ4n) is 2.92. The van der Waals surface area contributed by atoms with Crippen molar-refractivity contribution in [2.24, 2.45) is 0 Å². The molecule has 0 radical (unpaired) electrons. The van der Waals surface area contributed by atoms with Crippen LogP contribution in [0, 0.1) is 11.6 Å². The minimum Gasteiger partial charge on any atom is -0.345 e. The summed E-state index contributed by atoms with van der Waals surface area (Å²) in [6.07, 6.45) is 3.05. The van der Waals surface area contributed by atoms with Crippen LogP contribution in [-0.2, 0) is 11.3 Å². The Hall–Kier alpha value is -3.10. The summed E-state index contributed by atoms with van der Waals surface area (Å²) in [6, 6.07) is 3.67. The van der Waals surface area contributed by atoms with Crippen molar-refractivity contribution in [1.29, 1.82) is 0 Å². The van der Waals surface area contributed by atoms with E-state index in [2.05, 4.69) is 20.2 Å². The molecule has 7 nitrogen and oxygen atoms in total. The van der Waals surface area contributed by atoms with Gasteiger partial charge in [-0.1, -0.05) is 6.07 Å². The van der Waals surface area contributed by atoms with Crippen LogP contribution in [-0.4, -0.2) is 50.6 Å². The van der Waals surface area contributed by atoms with Gasteiger partial charge in [-0.05, 0) is 17.7 Å². The zero-order valence-electron chi connectivity index (χ0n) is 13.1. The van der Waals surface area contributed by atoms with E-state index in [1.807, 2.05) is 4.90 Å². The van der Waals surface area contributed by atoms with Crippen LogP contribution >= 0.6 is 0 Å². The molecule has 2 aromatic heterocycles. The predicted octanol–water partition coefficient (Wildman–Crippen LogP) is 1.48. The molecule has 0 saturated carbocycles. The van der Waals surface area contributed by atoms with Gasteiger partial charge >= 0.3 is 0 Å². The van der Waals surface area contributed by atoms with Crippen molar-refractivity contribution in [1.82, 2.24) is 25.1 Å². The van der Waals surface area contributed by atoms with Gasteiger partial charge in [-0.25, -0.2) is 18.7 Å². The molecule has 1 aromatic carbocycles. The second kappa shape index (κ2) is 6.08. The lowest BCUT2D eigenvalue weighted by molar-refractivity contribution is -0.131. The molecule has 0 aliphatic carbocycles. The van der Waals surface area contributed by atoms with E-state index < -0.39 is 11.6 Å². The predicted molar refractivity (Wildman–Crippen MR) is 85.7 cm³/mol. The smallest absolute Gasteiger partial charge is 0.242 e. The number of carbonyl (C=O) groups excluding carboxylic acids is 1. The summed E-state index contributed by atoms with van der Waals surface area (Å²) in [6.45, 7) is 1.43. The number of hydrogen-bond acceptors (Lipinski definition) is 5. The van der Waals surface area contributed by atoms with Crippen LogP contribution in [0.4, 0.5) is 14.6 Å². The Morgan fingerprint density at radius 2 is 2.04 bits per heavy atom. The quantitative estimate of drug-likeness (QED) is 0.779. The van der Waals surface area contributed by atoms with Gasteiger partial charge < -0.3 is 9.80 Å². The number of carbonyl (C=O) groups is 1. The molecule has 1 N–H and O–H groups in total. The van der Waals surface area contributed by atoms with Crippen LogP contribution < -0.4 is 4.90 Å². The van der Waals surface area contributed by atoms with Gasteiger partial charge in [-0.3, -0.25) is 9.89 Å². The molecule has 3 aromatic rings. The van der Waals surface area contributed by atoms with Crippen molar-refractivity contribution in [2.75, 3.05) is 24.5 Å². The second-order valence-corrected chi connectivity index (χ2v) is 5.81. The largest absolute Gasteiger partial charge is 0.345 e. The fourth-order valence-corrected chi connectivity index (χ4v) is 2.92. The number of anilines is 1. The van der Waals surface area contributed by atoms with Crippen LogP contribution in [0.15, 0.2) is 30.7 Å². The van der Waals surface area contributed by atoms with Gasteiger partial charge in [0.25, 0.3) is 0 Å². The number of piperazine rings is 1. The van der Waals surface area contributed by atoms with E-state index in [1.54, 1.807) is 11.1 Å². The Balaban J connectivity index is 1.49.